The molecule has 0 radical (unpaired) electrons. The molecule has 1 saturated heterocycles. The Morgan fingerprint density at radius 2 is 2.00 bits per heavy atom. The molecule has 0 atom stereocenters. The van der Waals surface area contributed by atoms with Gasteiger partial charge >= 0.3 is 5.56 Å². The molecule has 2 fully saturated rings. The second-order valence-electron chi connectivity index (χ2n) is 7.60. The predicted octanol–water partition coefficient (Wildman–Crippen LogP) is 3.03. The molecule has 27 heavy (non-hydrogen) atoms. The molecule has 1 aliphatic heterocycles. The van der Waals surface area contributed by atoms with Crippen molar-refractivity contribution in [3.05, 3.63) is 45.8 Å². The third-order valence-corrected chi connectivity index (χ3v) is 5.87. The van der Waals surface area contributed by atoms with Gasteiger partial charge in [0, 0.05) is 36.6 Å². The summed E-state index contributed by atoms with van der Waals surface area (Å²) in [6.45, 7) is 5.92. The van der Waals surface area contributed by atoms with Crippen LogP contribution in [0.25, 0.3) is 5.69 Å². The normalized spacial score (nSPS) is 19.1. The molecule has 0 spiro atoms. The van der Waals surface area contributed by atoms with Crippen molar-refractivity contribution in [2.24, 2.45) is 5.41 Å². The van der Waals surface area contributed by atoms with Crippen LogP contribution < -0.4 is 15.2 Å². The van der Waals surface area contributed by atoms with Gasteiger partial charge in [0.1, 0.15) is 5.69 Å². The van der Waals surface area contributed by atoms with Crippen LogP contribution in [0.5, 0.6) is 5.75 Å². The van der Waals surface area contributed by atoms with E-state index in [1.165, 1.54) is 4.68 Å². The monoisotopic (exact) mass is 406 g/mol. The summed E-state index contributed by atoms with van der Waals surface area (Å²) in [7, 11) is 0. The highest BCUT2D eigenvalue weighted by Gasteiger charge is 2.38. The topological polar surface area (TPSA) is 50.6 Å². The highest BCUT2D eigenvalue weighted by molar-refractivity contribution is 7.77. The number of anilines is 1. The van der Waals surface area contributed by atoms with E-state index in [1.807, 2.05) is 10.4 Å². The fourth-order valence-electron chi connectivity index (χ4n) is 3.12. The molecule has 0 bridgehead atoms. The van der Waals surface area contributed by atoms with Crippen LogP contribution in [0.4, 0.5) is 5.69 Å². The van der Waals surface area contributed by atoms with E-state index >= 15 is 0 Å². The second kappa shape index (κ2) is 7.37. The van der Waals surface area contributed by atoms with Crippen LogP contribution >= 0.6 is 24.4 Å². The molecular weight excluding hydrogens is 384 g/mol. The molecule has 0 unspecified atom stereocenters. The highest BCUT2D eigenvalue weighted by atomic mass is 35.5. The van der Waals surface area contributed by atoms with Gasteiger partial charge in [0.05, 0.1) is 18.5 Å². The summed E-state index contributed by atoms with van der Waals surface area (Å²) in [5, 5.41) is 4.95. The minimum Gasteiger partial charge on any atom is -0.486 e. The Morgan fingerprint density at radius 3 is 2.67 bits per heavy atom. The number of hydrogen-bond donors (Lipinski definition) is 1. The standard InChI is InChI=1S/C19H23ClN4O2S/c1-19(5-6-19)13-26-17-16(22-7-9-23(27)10-8-22)12-21-24(18(17)25)15-4-2-3-14(20)11-15/h2-4,11-12,27H,5-10,13H2,1H3. The molecule has 2 aliphatic rings. The molecule has 1 aliphatic carbocycles. The third-order valence-electron chi connectivity index (χ3n) is 5.23. The molecule has 144 valence electrons. The largest absolute Gasteiger partial charge is 0.486 e. The van der Waals surface area contributed by atoms with Crippen LogP contribution in [0.1, 0.15) is 19.8 Å². The molecule has 1 aromatic heterocycles. The van der Waals surface area contributed by atoms with Gasteiger partial charge in [-0.3, -0.25) is 4.79 Å². The summed E-state index contributed by atoms with van der Waals surface area (Å²) in [5.41, 5.74) is 1.30. The molecule has 0 N–H and O–H groups in total. The molecule has 8 heteroatoms. The highest BCUT2D eigenvalue weighted by Crippen LogP contribution is 2.45. The molecule has 6 nitrogen and oxygen atoms in total. The van der Waals surface area contributed by atoms with Crippen LogP contribution in [-0.2, 0) is 0 Å². The van der Waals surface area contributed by atoms with Gasteiger partial charge in [-0.2, -0.15) is 9.78 Å². The van der Waals surface area contributed by atoms with E-state index in [1.54, 1.807) is 24.4 Å². The first-order valence-electron chi connectivity index (χ1n) is 9.15. The van der Waals surface area contributed by atoms with Crippen LogP contribution in [0.2, 0.25) is 5.02 Å². The van der Waals surface area contributed by atoms with Crippen molar-refractivity contribution in [1.29, 1.82) is 0 Å². The minimum absolute atomic E-state index is 0.178. The summed E-state index contributed by atoms with van der Waals surface area (Å²) in [6.07, 6.45) is 3.99. The lowest BCUT2D eigenvalue weighted by Crippen LogP contribution is -2.43. The van der Waals surface area contributed by atoms with E-state index in [0.29, 0.717) is 23.1 Å². The molecule has 1 aromatic carbocycles. The zero-order chi connectivity index (χ0) is 19.0. The fraction of sp³-hybridized carbons (Fsp3) is 0.474. The van der Waals surface area contributed by atoms with Crippen molar-refractivity contribution in [3.63, 3.8) is 0 Å². The first-order chi connectivity index (χ1) is 13.0. The second-order valence-corrected chi connectivity index (χ2v) is 8.60. The lowest BCUT2D eigenvalue weighted by molar-refractivity contribution is 0.243. The fourth-order valence-corrected chi connectivity index (χ4v) is 3.49. The van der Waals surface area contributed by atoms with Gasteiger partial charge in [-0.05, 0) is 31.0 Å². The van der Waals surface area contributed by atoms with Crippen molar-refractivity contribution in [3.8, 4) is 11.4 Å². The van der Waals surface area contributed by atoms with E-state index in [-0.39, 0.29) is 11.0 Å². The van der Waals surface area contributed by atoms with Crippen molar-refractivity contribution in [1.82, 2.24) is 14.1 Å². The van der Waals surface area contributed by atoms with Crippen molar-refractivity contribution >= 4 is 30.1 Å². The van der Waals surface area contributed by atoms with E-state index in [0.717, 1.165) is 44.7 Å². The number of piperazine rings is 1. The third kappa shape index (κ3) is 4.10. The van der Waals surface area contributed by atoms with E-state index in [9.17, 15) is 4.79 Å². The Balaban J connectivity index is 1.72. The molecule has 1 saturated carbocycles. The Bertz CT molecular complexity index is 892. The number of ether oxygens (including phenoxy) is 1. The van der Waals surface area contributed by atoms with Crippen LogP contribution in [0.15, 0.2) is 35.3 Å². The first-order valence-corrected chi connectivity index (χ1v) is 9.93. The van der Waals surface area contributed by atoms with Crippen LogP contribution in [0, 0.1) is 5.41 Å². The SMILES string of the molecule is CC1(COc2c(N3CCN(S)CC3)cnn(-c3cccc(Cl)c3)c2=O)CC1. The van der Waals surface area contributed by atoms with Crippen LogP contribution in [-0.4, -0.2) is 46.9 Å². The number of thiol groups is 1. The Hall–Kier alpha value is -1.70. The summed E-state index contributed by atoms with van der Waals surface area (Å²) in [5.74, 6) is 0.366. The van der Waals surface area contributed by atoms with Crippen molar-refractivity contribution < 1.29 is 4.74 Å². The van der Waals surface area contributed by atoms with Crippen LogP contribution in [0.3, 0.4) is 0 Å². The average molecular weight is 407 g/mol. The molecule has 2 heterocycles. The number of rotatable bonds is 5. The Morgan fingerprint density at radius 1 is 1.26 bits per heavy atom. The quantitative estimate of drug-likeness (QED) is 0.773. The summed E-state index contributed by atoms with van der Waals surface area (Å²) in [4.78, 5) is 15.4. The van der Waals surface area contributed by atoms with Gasteiger partial charge in [-0.15, -0.1) is 0 Å². The zero-order valence-electron chi connectivity index (χ0n) is 15.3. The molecule has 4 rings (SSSR count). The van der Waals surface area contributed by atoms with Crippen molar-refractivity contribution in [2.45, 2.75) is 19.8 Å². The van der Waals surface area contributed by atoms with Gasteiger partial charge in [0.15, 0.2) is 0 Å². The molecular formula is C19H23ClN4O2S. The Labute approximate surface area is 169 Å². The minimum atomic E-state index is -0.257. The Kier molecular flexibility index (Phi) is 5.09. The van der Waals surface area contributed by atoms with E-state index < -0.39 is 0 Å². The van der Waals surface area contributed by atoms with Gasteiger partial charge in [-0.25, -0.2) is 4.31 Å². The average Bonchev–Trinajstić information content (AvgIpc) is 3.39. The smallest absolute Gasteiger partial charge is 0.316 e. The van der Waals surface area contributed by atoms with Crippen molar-refractivity contribution in [2.75, 3.05) is 37.7 Å². The van der Waals surface area contributed by atoms with Gasteiger partial charge < -0.3 is 9.64 Å². The predicted molar refractivity (Wildman–Crippen MR) is 110 cm³/mol. The summed E-state index contributed by atoms with van der Waals surface area (Å²) in [6, 6.07) is 7.11. The number of halogens is 1. The van der Waals surface area contributed by atoms with E-state index in [4.69, 9.17) is 16.3 Å². The van der Waals surface area contributed by atoms with Gasteiger partial charge in [0.25, 0.3) is 0 Å². The lowest BCUT2D eigenvalue weighted by atomic mass is 10.2. The molecule has 2 aromatic rings. The first kappa shape index (κ1) is 18.7. The lowest BCUT2D eigenvalue weighted by Gasteiger charge is -2.33. The van der Waals surface area contributed by atoms with Gasteiger partial charge in [-0.1, -0.05) is 37.4 Å². The van der Waals surface area contributed by atoms with Gasteiger partial charge in [0.2, 0.25) is 5.75 Å². The summed E-state index contributed by atoms with van der Waals surface area (Å²) >= 11 is 10.5. The maximum absolute atomic E-state index is 13.2. The number of hydrogen-bond acceptors (Lipinski definition) is 6. The zero-order valence-corrected chi connectivity index (χ0v) is 16.9. The summed E-state index contributed by atoms with van der Waals surface area (Å²) < 4.78 is 9.42. The number of aromatic nitrogens is 2. The maximum Gasteiger partial charge on any atom is 0.316 e. The maximum atomic E-state index is 13.2. The molecule has 0 amide bonds. The number of benzene rings is 1. The van der Waals surface area contributed by atoms with E-state index in [2.05, 4.69) is 29.7 Å². The number of nitrogens with zero attached hydrogens (tertiary/aromatic N) is 4.